The van der Waals surface area contributed by atoms with E-state index >= 15 is 0 Å². The summed E-state index contributed by atoms with van der Waals surface area (Å²) in [6, 6.07) is 14.3. The Balaban J connectivity index is 1.35. The molecule has 0 saturated heterocycles. The van der Waals surface area contributed by atoms with Gasteiger partial charge in [0.15, 0.2) is 18.2 Å². The molecule has 1 aliphatic rings. The Kier molecular flexibility index (Phi) is 5.88. The highest BCUT2D eigenvalue weighted by molar-refractivity contribution is 5.94. The van der Waals surface area contributed by atoms with Gasteiger partial charge < -0.3 is 14.6 Å². The van der Waals surface area contributed by atoms with Crippen molar-refractivity contribution in [2.45, 2.75) is 39.2 Å². The number of aryl methyl sites for hydroxylation is 1. The first-order chi connectivity index (χ1) is 14.6. The van der Waals surface area contributed by atoms with Crippen molar-refractivity contribution in [3.63, 3.8) is 0 Å². The summed E-state index contributed by atoms with van der Waals surface area (Å²) in [5.74, 6) is 2.20. The van der Waals surface area contributed by atoms with Gasteiger partial charge in [-0.25, -0.2) is 0 Å². The van der Waals surface area contributed by atoms with E-state index in [4.69, 9.17) is 4.74 Å². The van der Waals surface area contributed by atoms with Crippen LogP contribution in [0.25, 0.3) is 11.4 Å². The van der Waals surface area contributed by atoms with Crippen LogP contribution < -0.4 is 10.1 Å². The van der Waals surface area contributed by atoms with Crippen LogP contribution in [0.2, 0.25) is 0 Å². The predicted octanol–water partition coefficient (Wildman–Crippen LogP) is 3.89. The molecular weight excluding hydrogens is 380 g/mol. The van der Waals surface area contributed by atoms with Crippen molar-refractivity contribution in [2.24, 2.45) is 0 Å². The maximum absolute atomic E-state index is 12.2. The molecule has 4 rings (SSSR count). The van der Waals surface area contributed by atoms with Crippen LogP contribution in [0, 0.1) is 0 Å². The lowest BCUT2D eigenvalue weighted by Gasteiger charge is -2.09. The first kappa shape index (κ1) is 19.8. The largest absolute Gasteiger partial charge is 0.484 e. The smallest absolute Gasteiger partial charge is 0.262 e. The molecule has 0 bridgehead atoms. The highest BCUT2D eigenvalue weighted by atomic mass is 16.5. The third-order valence-electron chi connectivity index (χ3n) is 5.17. The van der Waals surface area contributed by atoms with Gasteiger partial charge in [0.25, 0.3) is 5.91 Å². The fourth-order valence-corrected chi connectivity index (χ4v) is 3.53. The van der Waals surface area contributed by atoms with Crippen molar-refractivity contribution in [1.82, 2.24) is 14.8 Å². The van der Waals surface area contributed by atoms with Gasteiger partial charge in [0, 0.05) is 29.8 Å². The van der Waals surface area contributed by atoms with Crippen LogP contribution in [0.5, 0.6) is 5.75 Å². The molecule has 0 saturated carbocycles. The minimum Gasteiger partial charge on any atom is -0.484 e. The first-order valence-corrected chi connectivity index (χ1v) is 10.2. The fraction of sp³-hybridized carbons (Fsp3) is 0.304. The Hall–Kier alpha value is -3.48. The number of nitrogens with zero attached hydrogens (tertiary/aromatic N) is 3. The minimum absolute atomic E-state index is 0.00932. The molecule has 1 N–H and O–H groups in total. The second kappa shape index (κ2) is 8.90. The molecule has 0 spiro atoms. The van der Waals surface area contributed by atoms with Crippen LogP contribution in [0.1, 0.15) is 42.4 Å². The third kappa shape index (κ3) is 4.56. The number of anilines is 1. The Morgan fingerprint density at radius 2 is 1.77 bits per heavy atom. The number of rotatable bonds is 6. The number of fused-ring (bicyclic) bond motifs is 1. The number of nitrogens with one attached hydrogen (secondary N) is 1. The van der Waals surface area contributed by atoms with Crippen LogP contribution in [0.4, 0.5) is 5.69 Å². The van der Waals surface area contributed by atoms with Crippen molar-refractivity contribution in [2.75, 3.05) is 11.9 Å². The average Bonchev–Trinajstić information content (AvgIpc) is 3.01. The lowest BCUT2D eigenvalue weighted by atomic mass is 10.1. The summed E-state index contributed by atoms with van der Waals surface area (Å²) in [4.78, 5) is 23.5. The summed E-state index contributed by atoms with van der Waals surface area (Å²) in [7, 11) is 0. The number of amides is 1. The van der Waals surface area contributed by atoms with E-state index in [1.165, 1.54) is 13.3 Å². The molecule has 2 aromatic carbocycles. The molecule has 0 unspecified atom stereocenters. The maximum atomic E-state index is 12.2. The van der Waals surface area contributed by atoms with Crippen molar-refractivity contribution >= 4 is 17.4 Å². The number of hydrogen-bond donors (Lipinski definition) is 1. The highest BCUT2D eigenvalue weighted by Gasteiger charge is 2.16. The third-order valence-corrected chi connectivity index (χ3v) is 5.17. The molecule has 0 atom stereocenters. The van der Waals surface area contributed by atoms with Gasteiger partial charge in [-0.15, -0.1) is 10.2 Å². The Labute approximate surface area is 175 Å². The topological polar surface area (TPSA) is 86.1 Å². The van der Waals surface area contributed by atoms with E-state index in [0.29, 0.717) is 17.0 Å². The molecular formula is C23H24N4O3. The fourth-order valence-electron chi connectivity index (χ4n) is 3.53. The zero-order valence-corrected chi connectivity index (χ0v) is 16.9. The van der Waals surface area contributed by atoms with Crippen LogP contribution in [-0.4, -0.2) is 33.1 Å². The number of ether oxygens (including phenoxy) is 1. The van der Waals surface area contributed by atoms with Crippen LogP contribution in [0.3, 0.4) is 0 Å². The normalized spacial score (nSPS) is 13.2. The standard InChI is InChI=1S/C23H24N4O3/c1-16(28)17-8-12-20(13-9-17)30-15-22(29)24-19-10-6-18(7-11-19)23-26-25-21-5-3-2-4-14-27(21)23/h6-13H,2-5,14-15H2,1H3,(H,24,29). The molecule has 7 nitrogen and oxygen atoms in total. The van der Waals surface area contributed by atoms with Crippen molar-refractivity contribution in [3.05, 3.63) is 59.9 Å². The molecule has 154 valence electrons. The van der Waals surface area contributed by atoms with Gasteiger partial charge in [0.1, 0.15) is 11.6 Å². The molecule has 0 radical (unpaired) electrons. The van der Waals surface area contributed by atoms with Crippen molar-refractivity contribution in [1.29, 1.82) is 0 Å². The highest BCUT2D eigenvalue weighted by Crippen LogP contribution is 2.24. The van der Waals surface area contributed by atoms with Gasteiger partial charge in [0.05, 0.1) is 0 Å². The zero-order chi connectivity index (χ0) is 20.9. The average molecular weight is 404 g/mol. The van der Waals surface area contributed by atoms with E-state index in [1.54, 1.807) is 24.3 Å². The molecule has 7 heteroatoms. The first-order valence-electron chi connectivity index (χ1n) is 10.2. The summed E-state index contributed by atoms with van der Waals surface area (Å²) >= 11 is 0. The molecule has 0 fully saturated rings. The summed E-state index contributed by atoms with van der Waals surface area (Å²) < 4.78 is 7.69. The van der Waals surface area contributed by atoms with E-state index in [-0.39, 0.29) is 18.3 Å². The molecule has 1 aliphatic heterocycles. The Morgan fingerprint density at radius 3 is 2.50 bits per heavy atom. The monoisotopic (exact) mass is 404 g/mol. The number of carbonyl (C=O) groups excluding carboxylic acids is 2. The quantitative estimate of drug-likeness (QED) is 0.630. The Bertz CT molecular complexity index is 1040. The zero-order valence-electron chi connectivity index (χ0n) is 16.9. The summed E-state index contributed by atoms with van der Waals surface area (Å²) in [6.45, 7) is 2.34. The summed E-state index contributed by atoms with van der Waals surface area (Å²) in [6.07, 6.45) is 4.49. The van der Waals surface area contributed by atoms with Crippen molar-refractivity contribution < 1.29 is 14.3 Å². The second-order valence-corrected chi connectivity index (χ2v) is 7.40. The number of carbonyl (C=O) groups is 2. The van der Waals surface area contributed by atoms with Crippen LogP contribution in [0.15, 0.2) is 48.5 Å². The Morgan fingerprint density at radius 1 is 1.00 bits per heavy atom. The second-order valence-electron chi connectivity index (χ2n) is 7.40. The number of aromatic nitrogens is 3. The maximum Gasteiger partial charge on any atom is 0.262 e. The lowest BCUT2D eigenvalue weighted by molar-refractivity contribution is -0.118. The van der Waals surface area contributed by atoms with Gasteiger partial charge in [-0.1, -0.05) is 6.42 Å². The molecule has 0 aliphatic carbocycles. The van der Waals surface area contributed by atoms with E-state index in [9.17, 15) is 9.59 Å². The lowest BCUT2D eigenvalue weighted by Crippen LogP contribution is -2.20. The van der Waals surface area contributed by atoms with E-state index in [0.717, 1.165) is 43.0 Å². The van der Waals surface area contributed by atoms with Crippen LogP contribution >= 0.6 is 0 Å². The predicted molar refractivity (Wildman–Crippen MR) is 114 cm³/mol. The minimum atomic E-state index is -0.255. The molecule has 30 heavy (non-hydrogen) atoms. The number of Topliss-reactive ketones (excluding diaryl/α,β-unsaturated/α-hetero) is 1. The van der Waals surface area contributed by atoms with E-state index < -0.39 is 0 Å². The van der Waals surface area contributed by atoms with Gasteiger partial charge in [-0.3, -0.25) is 9.59 Å². The van der Waals surface area contributed by atoms with E-state index in [2.05, 4.69) is 20.1 Å². The van der Waals surface area contributed by atoms with E-state index in [1.807, 2.05) is 24.3 Å². The van der Waals surface area contributed by atoms with Gasteiger partial charge in [0.2, 0.25) is 0 Å². The van der Waals surface area contributed by atoms with Crippen LogP contribution in [-0.2, 0) is 17.8 Å². The molecule has 1 aromatic heterocycles. The van der Waals surface area contributed by atoms with Gasteiger partial charge in [-0.05, 0) is 68.3 Å². The number of benzene rings is 2. The van der Waals surface area contributed by atoms with Gasteiger partial charge in [-0.2, -0.15) is 0 Å². The van der Waals surface area contributed by atoms with Crippen molar-refractivity contribution in [3.8, 4) is 17.1 Å². The summed E-state index contributed by atoms with van der Waals surface area (Å²) in [5.41, 5.74) is 2.28. The SMILES string of the molecule is CC(=O)c1ccc(OCC(=O)Nc2ccc(-c3nnc4n3CCCCC4)cc2)cc1. The molecule has 2 heterocycles. The summed E-state index contributed by atoms with van der Waals surface area (Å²) in [5, 5.41) is 11.5. The number of ketones is 1. The number of hydrogen-bond acceptors (Lipinski definition) is 5. The van der Waals surface area contributed by atoms with Gasteiger partial charge >= 0.3 is 0 Å². The molecule has 3 aromatic rings. The molecule has 1 amide bonds.